The number of anilines is 1. The lowest BCUT2D eigenvalue weighted by Crippen LogP contribution is -2.00. The van der Waals surface area contributed by atoms with E-state index in [0.717, 1.165) is 17.3 Å². The van der Waals surface area contributed by atoms with Gasteiger partial charge in [-0.25, -0.2) is 4.39 Å². The minimum absolute atomic E-state index is 0.309. The monoisotopic (exact) mass is 276 g/mol. The first-order chi connectivity index (χ1) is 9.22. The lowest BCUT2D eigenvalue weighted by molar-refractivity contribution is 0.487. The zero-order chi connectivity index (χ0) is 13.7. The Morgan fingerprint density at radius 2 is 2.11 bits per heavy atom. The van der Waals surface area contributed by atoms with Crippen molar-refractivity contribution in [3.63, 3.8) is 0 Å². The standard InChI is InChI=1S/C14H13FN2OS/c1-19-9-12-4-3-11(18-12)8-17-14-5-2-10(7-16)6-13(14)15/h2-6,17H,8-9H2,1H3. The van der Waals surface area contributed by atoms with Crippen LogP contribution in [-0.4, -0.2) is 6.26 Å². The first-order valence-corrected chi connectivity index (χ1v) is 7.12. The maximum absolute atomic E-state index is 13.6. The first-order valence-electron chi connectivity index (χ1n) is 5.73. The van der Waals surface area contributed by atoms with Crippen molar-refractivity contribution in [2.45, 2.75) is 12.3 Å². The molecule has 0 saturated heterocycles. The van der Waals surface area contributed by atoms with Crippen molar-refractivity contribution >= 4 is 17.4 Å². The van der Waals surface area contributed by atoms with E-state index in [1.807, 2.05) is 24.5 Å². The molecule has 0 atom stereocenters. The number of halogens is 1. The molecule has 19 heavy (non-hydrogen) atoms. The Morgan fingerprint density at radius 3 is 2.79 bits per heavy atom. The highest BCUT2D eigenvalue weighted by molar-refractivity contribution is 7.97. The van der Waals surface area contributed by atoms with Crippen LogP contribution in [0, 0.1) is 17.1 Å². The van der Waals surface area contributed by atoms with Crippen molar-refractivity contribution in [3.8, 4) is 6.07 Å². The summed E-state index contributed by atoms with van der Waals surface area (Å²) in [5, 5.41) is 11.6. The molecule has 5 heteroatoms. The molecule has 0 radical (unpaired) electrons. The highest BCUT2D eigenvalue weighted by Crippen LogP contribution is 2.18. The second kappa shape index (κ2) is 6.30. The van der Waals surface area contributed by atoms with Crippen LogP contribution in [0.1, 0.15) is 17.1 Å². The van der Waals surface area contributed by atoms with Gasteiger partial charge >= 0.3 is 0 Å². The summed E-state index contributed by atoms with van der Waals surface area (Å²) >= 11 is 1.68. The molecule has 98 valence electrons. The molecule has 2 aromatic rings. The summed E-state index contributed by atoms with van der Waals surface area (Å²) in [6, 6.07) is 10.0. The number of nitrogens with zero attached hydrogens (tertiary/aromatic N) is 1. The molecule has 0 fully saturated rings. The van der Waals surface area contributed by atoms with Crippen molar-refractivity contribution in [1.29, 1.82) is 5.26 Å². The zero-order valence-corrected chi connectivity index (χ0v) is 11.3. The fourth-order valence-electron chi connectivity index (χ4n) is 1.65. The molecule has 1 aromatic heterocycles. The fraction of sp³-hybridized carbons (Fsp3) is 0.214. The van der Waals surface area contributed by atoms with E-state index in [9.17, 15) is 4.39 Å². The molecule has 0 aliphatic heterocycles. The number of benzene rings is 1. The molecule has 2 rings (SSSR count). The Hall–Kier alpha value is -1.93. The predicted molar refractivity (Wildman–Crippen MR) is 74.4 cm³/mol. The lowest BCUT2D eigenvalue weighted by atomic mass is 10.2. The summed E-state index contributed by atoms with van der Waals surface area (Å²) in [4.78, 5) is 0. The largest absolute Gasteiger partial charge is 0.463 e. The third-order valence-corrected chi connectivity index (χ3v) is 3.13. The van der Waals surface area contributed by atoms with Gasteiger partial charge in [0.15, 0.2) is 0 Å². The van der Waals surface area contributed by atoms with E-state index in [1.165, 1.54) is 6.07 Å². The summed E-state index contributed by atoms with van der Waals surface area (Å²) in [7, 11) is 0. The van der Waals surface area contributed by atoms with Crippen LogP contribution in [-0.2, 0) is 12.3 Å². The van der Waals surface area contributed by atoms with Gasteiger partial charge in [-0.05, 0) is 36.6 Å². The van der Waals surface area contributed by atoms with Gasteiger partial charge in [0.25, 0.3) is 0 Å². The zero-order valence-electron chi connectivity index (χ0n) is 10.4. The van der Waals surface area contributed by atoms with Gasteiger partial charge in [-0.3, -0.25) is 0 Å². The number of furan rings is 1. The van der Waals surface area contributed by atoms with Gasteiger partial charge < -0.3 is 9.73 Å². The van der Waals surface area contributed by atoms with Crippen molar-refractivity contribution < 1.29 is 8.81 Å². The van der Waals surface area contributed by atoms with Crippen LogP contribution in [0.3, 0.4) is 0 Å². The highest BCUT2D eigenvalue weighted by Gasteiger charge is 2.05. The van der Waals surface area contributed by atoms with Crippen molar-refractivity contribution in [2.75, 3.05) is 11.6 Å². The average molecular weight is 276 g/mol. The van der Waals surface area contributed by atoms with E-state index in [0.29, 0.717) is 17.8 Å². The van der Waals surface area contributed by atoms with Crippen molar-refractivity contribution in [1.82, 2.24) is 0 Å². The third-order valence-electron chi connectivity index (χ3n) is 2.56. The van der Waals surface area contributed by atoms with Gasteiger partial charge in [-0.15, -0.1) is 0 Å². The Morgan fingerprint density at radius 1 is 1.32 bits per heavy atom. The molecule has 0 aliphatic carbocycles. The number of hydrogen-bond acceptors (Lipinski definition) is 4. The quantitative estimate of drug-likeness (QED) is 0.903. The molecular weight excluding hydrogens is 263 g/mol. The summed E-state index contributed by atoms with van der Waals surface area (Å²) in [5.41, 5.74) is 0.671. The fourth-order valence-corrected chi connectivity index (χ4v) is 2.09. The Labute approximate surface area is 115 Å². The van der Waals surface area contributed by atoms with Crippen LogP contribution in [0.4, 0.5) is 10.1 Å². The number of nitrogens with one attached hydrogen (secondary N) is 1. The topological polar surface area (TPSA) is 49.0 Å². The van der Waals surface area contributed by atoms with Gasteiger partial charge in [0.1, 0.15) is 17.3 Å². The van der Waals surface area contributed by atoms with Gasteiger partial charge in [0, 0.05) is 0 Å². The SMILES string of the molecule is CSCc1ccc(CNc2ccc(C#N)cc2F)o1. The molecule has 0 spiro atoms. The summed E-state index contributed by atoms with van der Waals surface area (Å²) in [5.74, 6) is 2.05. The smallest absolute Gasteiger partial charge is 0.147 e. The van der Waals surface area contributed by atoms with Crippen LogP contribution in [0.5, 0.6) is 0 Å². The minimum Gasteiger partial charge on any atom is -0.463 e. The number of nitriles is 1. The number of hydrogen-bond donors (Lipinski definition) is 1. The van der Waals surface area contributed by atoms with Gasteiger partial charge in [0.05, 0.1) is 29.6 Å². The van der Waals surface area contributed by atoms with Crippen LogP contribution >= 0.6 is 11.8 Å². The Kier molecular flexibility index (Phi) is 4.48. The van der Waals surface area contributed by atoms with E-state index >= 15 is 0 Å². The Bertz CT molecular complexity index is 604. The summed E-state index contributed by atoms with van der Waals surface area (Å²) in [6.45, 7) is 0.414. The number of thioether (sulfide) groups is 1. The average Bonchev–Trinajstić information content (AvgIpc) is 2.85. The van der Waals surface area contributed by atoms with Crippen LogP contribution in [0.25, 0.3) is 0 Å². The molecule has 0 aliphatic rings. The number of rotatable bonds is 5. The maximum atomic E-state index is 13.6. The van der Waals surface area contributed by atoms with E-state index in [1.54, 1.807) is 23.9 Å². The van der Waals surface area contributed by atoms with Crippen molar-refractivity contribution in [3.05, 3.63) is 53.2 Å². The lowest BCUT2D eigenvalue weighted by Gasteiger charge is -2.05. The molecule has 1 N–H and O–H groups in total. The van der Waals surface area contributed by atoms with Crippen LogP contribution in [0.15, 0.2) is 34.7 Å². The maximum Gasteiger partial charge on any atom is 0.147 e. The molecule has 0 bridgehead atoms. The van der Waals surface area contributed by atoms with E-state index in [-0.39, 0.29) is 0 Å². The minimum atomic E-state index is -0.435. The summed E-state index contributed by atoms with van der Waals surface area (Å²) < 4.78 is 19.2. The second-order valence-electron chi connectivity index (χ2n) is 3.96. The van der Waals surface area contributed by atoms with Crippen LogP contribution < -0.4 is 5.32 Å². The molecule has 1 aromatic carbocycles. The summed E-state index contributed by atoms with van der Waals surface area (Å²) in [6.07, 6.45) is 2.01. The normalized spacial score (nSPS) is 10.2. The molecular formula is C14H13FN2OS. The second-order valence-corrected chi connectivity index (χ2v) is 4.83. The Balaban J connectivity index is 2.00. The molecule has 0 amide bonds. The molecule has 3 nitrogen and oxygen atoms in total. The molecule has 0 unspecified atom stereocenters. The first kappa shape index (κ1) is 13.5. The van der Waals surface area contributed by atoms with Gasteiger partial charge in [-0.2, -0.15) is 17.0 Å². The van der Waals surface area contributed by atoms with Gasteiger partial charge in [0.2, 0.25) is 0 Å². The predicted octanol–water partition coefficient (Wildman–Crippen LogP) is 3.77. The highest BCUT2D eigenvalue weighted by atomic mass is 32.2. The molecule has 1 heterocycles. The van der Waals surface area contributed by atoms with Crippen LogP contribution in [0.2, 0.25) is 0 Å². The van der Waals surface area contributed by atoms with Crippen molar-refractivity contribution in [2.24, 2.45) is 0 Å². The van der Waals surface area contributed by atoms with E-state index in [2.05, 4.69) is 5.32 Å². The third kappa shape index (κ3) is 3.52. The van der Waals surface area contributed by atoms with E-state index < -0.39 is 5.82 Å². The van der Waals surface area contributed by atoms with Gasteiger partial charge in [-0.1, -0.05) is 0 Å². The van der Waals surface area contributed by atoms with E-state index in [4.69, 9.17) is 9.68 Å². The molecule has 0 saturated carbocycles.